The van der Waals surface area contributed by atoms with Crippen LogP contribution in [0.3, 0.4) is 0 Å². The van der Waals surface area contributed by atoms with E-state index in [1.54, 1.807) is 49.4 Å². The molecule has 0 radical (unpaired) electrons. The molecule has 6 rings (SSSR count). The zero-order chi connectivity index (χ0) is 25.7. The third kappa shape index (κ3) is 4.05. The van der Waals surface area contributed by atoms with Crippen molar-refractivity contribution in [2.75, 3.05) is 4.90 Å². The second-order valence-electron chi connectivity index (χ2n) is 8.67. The predicted octanol–water partition coefficient (Wildman–Crippen LogP) is 6.21. The molecule has 1 amide bonds. The Morgan fingerprint density at radius 1 is 1.03 bits per heavy atom. The van der Waals surface area contributed by atoms with Crippen LogP contribution in [0.15, 0.2) is 86.5 Å². The highest BCUT2D eigenvalue weighted by atomic mass is 35.5. The Balaban J connectivity index is 1.41. The van der Waals surface area contributed by atoms with Crippen LogP contribution in [0.1, 0.15) is 39.0 Å². The summed E-state index contributed by atoms with van der Waals surface area (Å²) in [6, 6.07) is 18.7. The molecule has 0 saturated carbocycles. The number of hydrogen-bond acceptors (Lipinski definition) is 6. The number of carbonyl (C=O) groups excluding carboxylic acids is 1. The summed E-state index contributed by atoms with van der Waals surface area (Å²) in [6.45, 7) is 2.04. The van der Waals surface area contributed by atoms with Gasteiger partial charge < -0.3 is 13.7 Å². The van der Waals surface area contributed by atoms with Crippen LogP contribution in [0, 0.1) is 12.7 Å². The average molecular weight is 517 g/mol. The molecular formula is C28H18ClFN2O5. The van der Waals surface area contributed by atoms with Gasteiger partial charge in [-0.2, -0.15) is 0 Å². The van der Waals surface area contributed by atoms with Gasteiger partial charge in [-0.15, -0.1) is 0 Å². The van der Waals surface area contributed by atoms with Gasteiger partial charge in [0.15, 0.2) is 11.2 Å². The summed E-state index contributed by atoms with van der Waals surface area (Å²) in [7, 11) is 0. The number of fused-ring (bicyclic) bond motifs is 2. The van der Waals surface area contributed by atoms with Crippen LogP contribution in [0.25, 0.3) is 11.0 Å². The van der Waals surface area contributed by atoms with E-state index in [4.69, 9.17) is 25.3 Å². The van der Waals surface area contributed by atoms with Gasteiger partial charge in [-0.25, -0.2) is 4.39 Å². The summed E-state index contributed by atoms with van der Waals surface area (Å²) in [5.41, 5.74) is 1.32. The largest absolute Gasteiger partial charge is 0.489 e. The molecule has 0 N–H and O–H groups in total. The summed E-state index contributed by atoms with van der Waals surface area (Å²) in [6.07, 6.45) is 0. The van der Waals surface area contributed by atoms with Crippen LogP contribution >= 0.6 is 11.6 Å². The number of aryl methyl sites for hydroxylation is 1. The minimum atomic E-state index is -0.860. The fourth-order valence-corrected chi connectivity index (χ4v) is 4.58. The van der Waals surface area contributed by atoms with Crippen molar-refractivity contribution in [2.24, 2.45) is 0 Å². The maximum absolute atomic E-state index is 14.0. The zero-order valence-electron chi connectivity index (χ0n) is 19.4. The minimum absolute atomic E-state index is 0.0534. The van der Waals surface area contributed by atoms with Crippen molar-refractivity contribution in [3.8, 4) is 5.75 Å². The number of hydrogen-bond donors (Lipinski definition) is 0. The third-order valence-electron chi connectivity index (χ3n) is 6.21. The maximum Gasteiger partial charge on any atom is 0.296 e. The second kappa shape index (κ2) is 8.90. The first-order chi connectivity index (χ1) is 17.9. The summed E-state index contributed by atoms with van der Waals surface area (Å²) in [5, 5.41) is 4.70. The van der Waals surface area contributed by atoms with E-state index in [1.807, 2.05) is 12.1 Å². The average Bonchev–Trinajstić information content (AvgIpc) is 3.45. The topological polar surface area (TPSA) is 85.8 Å². The fourth-order valence-electron chi connectivity index (χ4n) is 4.46. The number of carbonyl (C=O) groups is 1. The van der Waals surface area contributed by atoms with Crippen molar-refractivity contribution < 1.29 is 22.9 Å². The number of aromatic nitrogens is 1. The SMILES string of the molecule is Cc1cc(N2C(=O)c3oc4ccc(F)cc4c(=O)c3[C@H]2c2ccc(OCc3ccc(Cl)cc3)cc2)no1. The molecule has 184 valence electrons. The van der Waals surface area contributed by atoms with E-state index in [-0.39, 0.29) is 28.1 Å². The highest BCUT2D eigenvalue weighted by molar-refractivity contribution is 6.30. The molecule has 0 aliphatic carbocycles. The lowest BCUT2D eigenvalue weighted by Crippen LogP contribution is -2.29. The van der Waals surface area contributed by atoms with Crippen LogP contribution in [-0.4, -0.2) is 11.1 Å². The van der Waals surface area contributed by atoms with E-state index in [2.05, 4.69) is 5.16 Å². The van der Waals surface area contributed by atoms with Gasteiger partial charge in [0.2, 0.25) is 5.76 Å². The Hall–Kier alpha value is -4.43. The van der Waals surface area contributed by atoms with E-state index in [0.29, 0.717) is 28.7 Å². The van der Waals surface area contributed by atoms with E-state index >= 15 is 0 Å². The molecule has 3 heterocycles. The maximum atomic E-state index is 14.0. The second-order valence-corrected chi connectivity index (χ2v) is 9.11. The zero-order valence-corrected chi connectivity index (χ0v) is 20.2. The number of nitrogens with zero attached hydrogens (tertiary/aromatic N) is 2. The molecular weight excluding hydrogens is 499 g/mol. The number of benzene rings is 3. The lowest BCUT2D eigenvalue weighted by molar-refractivity contribution is 0.0969. The summed E-state index contributed by atoms with van der Waals surface area (Å²) in [5.74, 6) is 0.0931. The van der Waals surface area contributed by atoms with Crippen molar-refractivity contribution in [3.05, 3.63) is 122 Å². The lowest BCUT2D eigenvalue weighted by Gasteiger charge is -2.22. The molecule has 1 aliphatic rings. The van der Waals surface area contributed by atoms with Crippen molar-refractivity contribution >= 4 is 34.3 Å². The molecule has 0 fully saturated rings. The van der Waals surface area contributed by atoms with Crippen LogP contribution < -0.4 is 15.1 Å². The van der Waals surface area contributed by atoms with Crippen LogP contribution in [-0.2, 0) is 6.61 Å². The van der Waals surface area contributed by atoms with Gasteiger partial charge in [0, 0.05) is 11.1 Å². The monoisotopic (exact) mass is 516 g/mol. The molecule has 3 aromatic carbocycles. The van der Waals surface area contributed by atoms with Gasteiger partial charge in [0.25, 0.3) is 5.91 Å². The van der Waals surface area contributed by atoms with Gasteiger partial charge in [-0.1, -0.05) is 41.0 Å². The molecule has 0 unspecified atom stereocenters. The Bertz CT molecular complexity index is 1710. The molecule has 37 heavy (non-hydrogen) atoms. The highest BCUT2D eigenvalue weighted by Gasteiger charge is 2.45. The highest BCUT2D eigenvalue weighted by Crippen LogP contribution is 2.41. The van der Waals surface area contributed by atoms with Gasteiger partial charge in [-0.05, 0) is 60.5 Å². The van der Waals surface area contributed by atoms with Crippen molar-refractivity contribution in [1.29, 1.82) is 0 Å². The van der Waals surface area contributed by atoms with E-state index in [0.717, 1.165) is 11.6 Å². The molecule has 1 aliphatic heterocycles. The van der Waals surface area contributed by atoms with E-state index in [9.17, 15) is 14.0 Å². The fraction of sp³-hybridized carbons (Fsp3) is 0.107. The quantitative estimate of drug-likeness (QED) is 0.276. The molecule has 2 aromatic heterocycles. The number of halogens is 2. The third-order valence-corrected chi connectivity index (χ3v) is 6.46. The van der Waals surface area contributed by atoms with Crippen molar-refractivity contribution in [1.82, 2.24) is 5.16 Å². The molecule has 0 spiro atoms. The van der Waals surface area contributed by atoms with E-state index < -0.39 is 23.2 Å². The predicted molar refractivity (Wildman–Crippen MR) is 135 cm³/mol. The van der Waals surface area contributed by atoms with Crippen LogP contribution in [0.5, 0.6) is 5.75 Å². The van der Waals surface area contributed by atoms with Gasteiger partial charge in [0.05, 0.1) is 17.0 Å². The first kappa shape index (κ1) is 23.0. The Morgan fingerprint density at radius 3 is 2.49 bits per heavy atom. The normalized spacial score (nSPS) is 14.8. The van der Waals surface area contributed by atoms with Crippen LogP contribution in [0.2, 0.25) is 5.02 Å². The first-order valence-corrected chi connectivity index (χ1v) is 11.8. The summed E-state index contributed by atoms with van der Waals surface area (Å²) < 4.78 is 30.9. The first-order valence-electron chi connectivity index (χ1n) is 11.4. The standard InChI is InChI=1S/C28H18ClFN2O5/c1-15-12-23(31-37-15)32-25(17-4-9-20(10-5-17)35-14-16-2-6-18(29)7-3-16)24-26(33)21-13-19(30)8-11-22(21)36-27(24)28(32)34/h2-13,25H,14H2,1H3/t25-/m1/s1. The van der Waals surface area contributed by atoms with Gasteiger partial charge in [-0.3, -0.25) is 14.5 Å². The number of ether oxygens (including phenoxy) is 1. The molecule has 7 nitrogen and oxygen atoms in total. The van der Waals surface area contributed by atoms with Crippen molar-refractivity contribution in [2.45, 2.75) is 19.6 Å². The summed E-state index contributed by atoms with van der Waals surface area (Å²) in [4.78, 5) is 28.4. The molecule has 5 aromatic rings. The minimum Gasteiger partial charge on any atom is -0.489 e. The Labute approximate surface area is 214 Å². The summed E-state index contributed by atoms with van der Waals surface area (Å²) >= 11 is 5.94. The van der Waals surface area contributed by atoms with Gasteiger partial charge in [0.1, 0.15) is 29.5 Å². The molecule has 1 atom stereocenters. The number of anilines is 1. The molecule has 9 heteroatoms. The molecule has 0 bridgehead atoms. The van der Waals surface area contributed by atoms with E-state index in [1.165, 1.54) is 17.0 Å². The number of rotatable bonds is 5. The Morgan fingerprint density at radius 2 is 1.78 bits per heavy atom. The Kier molecular flexibility index (Phi) is 5.53. The van der Waals surface area contributed by atoms with Crippen LogP contribution in [0.4, 0.5) is 10.2 Å². The van der Waals surface area contributed by atoms with Gasteiger partial charge >= 0.3 is 0 Å². The molecule has 0 saturated heterocycles. The number of amides is 1. The smallest absolute Gasteiger partial charge is 0.296 e. The lowest BCUT2D eigenvalue weighted by atomic mass is 9.98. The van der Waals surface area contributed by atoms with Crippen molar-refractivity contribution in [3.63, 3.8) is 0 Å².